The zero-order valence-corrected chi connectivity index (χ0v) is 16.7. The highest BCUT2D eigenvalue weighted by molar-refractivity contribution is 6.30. The molecule has 156 valence electrons. The summed E-state index contributed by atoms with van der Waals surface area (Å²) in [6.45, 7) is 5.16. The topological polar surface area (TPSA) is 108 Å². The Morgan fingerprint density at radius 3 is 2.46 bits per heavy atom. The van der Waals surface area contributed by atoms with Gasteiger partial charge < -0.3 is 24.8 Å². The second-order valence-electron chi connectivity index (χ2n) is 6.20. The Hall–Kier alpha value is -1.71. The zero-order chi connectivity index (χ0) is 20.8. The van der Waals surface area contributed by atoms with Crippen LogP contribution >= 0.6 is 11.6 Å². The first-order valence-electron chi connectivity index (χ1n) is 9.12. The van der Waals surface area contributed by atoms with Crippen molar-refractivity contribution in [3.63, 3.8) is 0 Å². The van der Waals surface area contributed by atoms with Gasteiger partial charge in [0.05, 0.1) is 6.61 Å². The van der Waals surface area contributed by atoms with E-state index in [9.17, 15) is 19.7 Å². The molecule has 1 aromatic heterocycles. The lowest BCUT2D eigenvalue weighted by Gasteiger charge is -2.38. The third-order valence-electron chi connectivity index (χ3n) is 4.36. The number of nitrogens with zero attached hydrogens (tertiary/aromatic N) is 1. The van der Waals surface area contributed by atoms with Gasteiger partial charge >= 0.3 is 0 Å². The molecule has 2 aromatic rings. The zero-order valence-electron chi connectivity index (χ0n) is 16.0. The number of rotatable bonds is 5. The normalized spacial score (nSPS) is 27.1. The molecule has 0 bridgehead atoms. The summed E-state index contributed by atoms with van der Waals surface area (Å²) in [7, 11) is 0. The molecule has 5 atom stereocenters. The maximum atomic E-state index is 13.8. The van der Waals surface area contributed by atoms with E-state index in [4.69, 9.17) is 21.1 Å². The van der Waals surface area contributed by atoms with Gasteiger partial charge in [-0.15, -0.1) is 5.10 Å². The van der Waals surface area contributed by atoms with Gasteiger partial charge in [-0.05, 0) is 24.6 Å². The first kappa shape index (κ1) is 22.6. The Morgan fingerprint density at radius 1 is 1.21 bits per heavy atom. The maximum absolute atomic E-state index is 13.8. The molecule has 4 N–H and O–H groups in total. The summed E-state index contributed by atoms with van der Waals surface area (Å²) < 4.78 is 24.6. The fourth-order valence-electron chi connectivity index (χ4n) is 2.79. The number of alkyl halides is 1. The van der Waals surface area contributed by atoms with Gasteiger partial charge in [-0.1, -0.05) is 37.6 Å². The minimum absolute atomic E-state index is 0.169. The van der Waals surface area contributed by atoms with Crippen molar-refractivity contribution in [1.82, 2.24) is 10.2 Å². The highest BCUT2D eigenvalue weighted by Gasteiger charge is 2.46. The number of aliphatic hydroxyl groups excluding tert-OH is 3. The molecular formula is C19H26ClFN2O5. The van der Waals surface area contributed by atoms with Crippen LogP contribution in [0.5, 0.6) is 5.88 Å². The number of aromatic nitrogens is 2. The fourth-order valence-corrected chi connectivity index (χ4v) is 2.92. The molecule has 9 heteroatoms. The molecule has 1 fully saturated rings. The van der Waals surface area contributed by atoms with E-state index in [0.29, 0.717) is 11.4 Å². The average molecular weight is 417 g/mol. The molecular weight excluding hydrogens is 391 g/mol. The molecule has 0 radical (unpaired) electrons. The minimum atomic E-state index is -1.91. The third-order valence-corrected chi connectivity index (χ3v) is 4.61. The van der Waals surface area contributed by atoms with Gasteiger partial charge in [-0.2, -0.15) is 0 Å². The second kappa shape index (κ2) is 10.2. The van der Waals surface area contributed by atoms with Crippen molar-refractivity contribution in [2.75, 3.05) is 6.61 Å². The molecule has 28 heavy (non-hydrogen) atoms. The van der Waals surface area contributed by atoms with Crippen molar-refractivity contribution >= 4 is 11.6 Å². The number of hydrogen-bond donors (Lipinski definition) is 4. The van der Waals surface area contributed by atoms with Gasteiger partial charge in [0.25, 0.3) is 0 Å². The Bertz CT molecular complexity index is 740. The van der Waals surface area contributed by atoms with Crippen LogP contribution in [0.4, 0.5) is 4.39 Å². The van der Waals surface area contributed by atoms with Gasteiger partial charge in [0.15, 0.2) is 6.17 Å². The predicted molar refractivity (Wildman–Crippen MR) is 102 cm³/mol. The fraction of sp³-hybridized carbons (Fsp3) is 0.526. The number of aromatic amines is 1. The standard InChI is InChI=1S/C17H20ClFN2O5.C2H6/c1-8-11(6-9-2-4-10(18)5-3-9)16(21-20-8)26-17-15(24)14(23)13(19)12(7-22)25-17;1-2/h2-5,12-15,17,22-24H,6-7H2,1H3,(H,20,21);1-2H3. The average Bonchev–Trinajstić information content (AvgIpc) is 3.05. The van der Waals surface area contributed by atoms with Crippen LogP contribution in [-0.2, 0) is 11.2 Å². The summed E-state index contributed by atoms with van der Waals surface area (Å²) >= 11 is 5.89. The molecule has 0 spiro atoms. The van der Waals surface area contributed by atoms with Crippen LogP contribution < -0.4 is 4.74 Å². The van der Waals surface area contributed by atoms with Crippen molar-refractivity contribution in [3.8, 4) is 5.88 Å². The lowest BCUT2D eigenvalue weighted by atomic mass is 10.0. The van der Waals surface area contributed by atoms with Crippen LogP contribution in [-0.4, -0.2) is 62.9 Å². The summed E-state index contributed by atoms with van der Waals surface area (Å²) in [5.74, 6) is 0.169. The Kier molecular flexibility index (Phi) is 8.21. The largest absolute Gasteiger partial charge is 0.443 e. The van der Waals surface area contributed by atoms with Crippen LogP contribution in [0.2, 0.25) is 5.02 Å². The summed E-state index contributed by atoms with van der Waals surface area (Å²) in [6.07, 6.45) is -7.43. The van der Waals surface area contributed by atoms with E-state index >= 15 is 0 Å². The first-order chi connectivity index (χ1) is 13.4. The first-order valence-corrected chi connectivity index (χ1v) is 9.50. The number of H-pyrrole nitrogens is 1. The number of aliphatic hydroxyl groups is 3. The van der Waals surface area contributed by atoms with Crippen molar-refractivity contribution in [2.24, 2.45) is 0 Å². The van der Waals surface area contributed by atoms with Crippen LogP contribution in [0.1, 0.15) is 30.7 Å². The molecule has 0 aliphatic carbocycles. The van der Waals surface area contributed by atoms with Crippen molar-refractivity contribution < 1.29 is 29.2 Å². The highest BCUT2D eigenvalue weighted by Crippen LogP contribution is 2.29. The van der Waals surface area contributed by atoms with E-state index in [1.807, 2.05) is 32.9 Å². The predicted octanol–water partition coefficient (Wildman–Crippen LogP) is 2.14. The summed E-state index contributed by atoms with van der Waals surface area (Å²) in [4.78, 5) is 0. The monoisotopic (exact) mass is 416 g/mol. The molecule has 0 saturated carbocycles. The Balaban J connectivity index is 0.00000136. The lowest BCUT2D eigenvalue weighted by Crippen LogP contribution is -2.58. The molecule has 1 aliphatic heterocycles. The maximum Gasteiger partial charge on any atom is 0.238 e. The number of ether oxygens (including phenoxy) is 2. The van der Waals surface area contributed by atoms with E-state index in [-0.39, 0.29) is 5.88 Å². The molecule has 1 saturated heterocycles. The van der Waals surface area contributed by atoms with Gasteiger partial charge in [-0.3, -0.25) is 5.10 Å². The number of benzene rings is 1. The van der Waals surface area contributed by atoms with Crippen LogP contribution in [0.15, 0.2) is 24.3 Å². The smallest absolute Gasteiger partial charge is 0.238 e. The second-order valence-corrected chi connectivity index (χ2v) is 6.64. The van der Waals surface area contributed by atoms with Gasteiger partial charge in [0.1, 0.15) is 18.3 Å². The van der Waals surface area contributed by atoms with Gasteiger partial charge in [-0.25, -0.2) is 4.39 Å². The SMILES string of the molecule is CC.Cc1[nH]nc(OC2OC(CO)C(F)C(O)C2O)c1Cc1ccc(Cl)cc1. The molecule has 1 aliphatic rings. The van der Waals surface area contributed by atoms with E-state index in [1.54, 1.807) is 12.1 Å². The molecule has 7 nitrogen and oxygen atoms in total. The molecule has 5 unspecified atom stereocenters. The summed E-state index contributed by atoms with van der Waals surface area (Å²) in [5.41, 5.74) is 2.44. The quantitative estimate of drug-likeness (QED) is 0.594. The third kappa shape index (κ3) is 5.01. The summed E-state index contributed by atoms with van der Waals surface area (Å²) in [5, 5.41) is 36.5. The highest BCUT2D eigenvalue weighted by atomic mass is 35.5. The number of hydrogen-bond acceptors (Lipinski definition) is 6. The number of aryl methyl sites for hydroxylation is 1. The number of nitrogens with one attached hydrogen (secondary N) is 1. The van der Waals surface area contributed by atoms with Crippen LogP contribution in [0.25, 0.3) is 0 Å². The minimum Gasteiger partial charge on any atom is -0.443 e. The lowest BCUT2D eigenvalue weighted by molar-refractivity contribution is -0.265. The van der Waals surface area contributed by atoms with Crippen molar-refractivity contribution in [1.29, 1.82) is 0 Å². The van der Waals surface area contributed by atoms with E-state index < -0.39 is 37.4 Å². The molecule has 2 heterocycles. The molecule has 1 aromatic carbocycles. The van der Waals surface area contributed by atoms with Crippen LogP contribution in [0.3, 0.4) is 0 Å². The molecule has 3 rings (SSSR count). The van der Waals surface area contributed by atoms with Gasteiger partial charge in [0.2, 0.25) is 12.2 Å². The number of halogens is 2. The van der Waals surface area contributed by atoms with Crippen LogP contribution in [0, 0.1) is 6.92 Å². The Labute approximate surface area is 168 Å². The van der Waals surface area contributed by atoms with Crippen molar-refractivity contribution in [2.45, 2.75) is 58.0 Å². The van der Waals surface area contributed by atoms with E-state index in [2.05, 4.69) is 10.2 Å². The van der Waals surface area contributed by atoms with Gasteiger partial charge in [0, 0.05) is 22.7 Å². The van der Waals surface area contributed by atoms with E-state index in [0.717, 1.165) is 16.8 Å². The molecule has 0 amide bonds. The Morgan fingerprint density at radius 2 is 1.86 bits per heavy atom. The van der Waals surface area contributed by atoms with Crippen molar-refractivity contribution in [3.05, 3.63) is 46.1 Å². The summed E-state index contributed by atoms with van der Waals surface area (Å²) in [6, 6.07) is 7.27. The van der Waals surface area contributed by atoms with E-state index in [1.165, 1.54) is 0 Å².